The number of amides is 2. The van der Waals surface area contributed by atoms with Crippen molar-refractivity contribution in [3.05, 3.63) is 23.8 Å². The summed E-state index contributed by atoms with van der Waals surface area (Å²) in [5.74, 6) is -1.07. The maximum Gasteiger partial charge on any atom is 0.265 e. The highest BCUT2D eigenvalue weighted by molar-refractivity contribution is 5.97. The van der Waals surface area contributed by atoms with Crippen LogP contribution in [0.5, 0.6) is 0 Å². The summed E-state index contributed by atoms with van der Waals surface area (Å²) in [7, 11) is 0. The van der Waals surface area contributed by atoms with Gasteiger partial charge in [-0.05, 0) is 31.0 Å². The van der Waals surface area contributed by atoms with Crippen molar-refractivity contribution in [2.45, 2.75) is 37.8 Å². The lowest BCUT2D eigenvalue weighted by molar-refractivity contribution is -0.125. The zero-order chi connectivity index (χ0) is 21.8. The first-order chi connectivity index (χ1) is 14.3. The van der Waals surface area contributed by atoms with Crippen LogP contribution in [0.15, 0.2) is 18.2 Å². The minimum atomic E-state index is -2.92. The molecule has 1 heterocycles. The minimum Gasteiger partial charge on any atom is -0.370 e. The Balaban J connectivity index is 1.80. The van der Waals surface area contributed by atoms with E-state index in [1.165, 1.54) is 21.9 Å². The van der Waals surface area contributed by atoms with Gasteiger partial charge in [0.05, 0.1) is 13.2 Å². The average Bonchev–Trinajstić information content (AvgIpc) is 3.53. The summed E-state index contributed by atoms with van der Waals surface area (Å²) < 4.78 is 58.2. The lowest BCUT2D eigenvalue weighted by Crippen LogP contribution is -2.51. The fourth-order valence-corrected chi connectivity index (χ4v) is 3.51. The molecule has 3 N–H and O–H groups in total. The maximum absolute atomic E-state index is 13.7. The van der Waals surface area contributed by atoms with Crippen LogP contribution in [0.2, 0.25) is 0 Å². The number of nitrogens with zero attached hydrogens (tertiary/aromatic N) is 2. The van der Waals surface area contributed by atoms with Crippen molar-refractivity contribution >= 4 is 23.2 Å². The van der Waals surface area contributed by atoms with Crippen LogP contribution >= 0.6 is 0 Å². The van der Waals surface area contributed by atoms with Crippen molar-refractivity contribution in [3.8, 4) is 0 Å². The summed E-state index contributed by atoms with van der Waals surface area (Å²) in [5.41, 5.74) is 5.30. The monoisotopic (exact) mass is 432 g/mol. The van der Waals surface area contributed by atoms with Gasteiger partial charge in [0.25, 0.3) is 18.8 Å². The molecule has 1 aliphatic heterocycles. The number of benzene rings is 1. The third-order valence-electron chi connectivity index (χ3n) is 5.12. The van der Waals surface area contributed by atoms with Gasteiger partial charge in [0.1, 0.15) is 12.6 Å². The summed E-state index contributed by atoms with van der Waals surface area (Å²) in [4.78, 5) is 27.3. The van der Waals surface area contributed by atoms with E-state index in [-0.39, 0.29) is 49.6 Å². The normalized spacial score (nSPS) is 18.4. The number of carbonyl (C=O) groups is 2. The van der Waals surface area contributed by atoms with Gasteiger partial charge < -0.3 is 20.7 Å². The van der Waals surface area contributed by atoms with Crippen LogP contribution in [0.1, 0.15) is 24.8 Å². The van der Waals surface area contributed by atoms with Crippen LogP contribution in [0.25, 0.3) is 0 Å². The summed E-state index contributed by atoms with van der Waals surface area (Å²) in [5, 5.41) is 2.41. The van der Waals surface area contributed by atoms with E-state index < -0.39 is 36.9 Å². The fourth-order valence-electron chi connectivity index (χ4n) is 3.51. The minimum absolute atomic E-state index is 0.137. The molecule has 0 spiro atoms. The Bertz CT molecular complexity index is 776. The van der Waals surface area contributed by atoms with Crippen molar-refractivity contribution in [1.29, 1.82) is 0 Å². The van der Waals surface area contributed by atoms with Gasteiger partial charge in [0, 0.05) is 36.1 Å². The van der Waals surface area contributed by atoms with Gasteiger partial charge in [-0.1, -0.05) is 0 Å². The lowest BCUT2D eigenvalue weighted by atomic mass is 10.1. The van der Waals surface area contributed by atoms with E-state index in [0.717, 1.165) is 6.07 Å². The number of nitrogens with one attached hydrogen (secondary N) is 1. The molecule has 1 aromatic rings. The predicted octanol–water partition coefficient (Wildman–Crippen LogP) is 1.98. The molecule has 2 amide bonds. The third-order valence-corrected chi connectivity index (χ3v) is 5.12. The van der Waals surface area contributed by atoms with Crippen molar-refractivity contribution in [2.24, 2.45) is 5.73 Å². The van der Waals surface area contributed by atoms with E-state index >= 15 is 0 Å². The molecule has 11 heteroatoms. The van der Waals surface area contributed by atoms with Gasteiger partial charge in [0.2, 0.25) is 5.91 Å². The number of morpholine rings is 1. The zero-order valence-electron chi connectivity index (χ0n) is 16.2. The molecular weight excluding hydrogens is 408 g/mol. The highest BCUT2D eigenvalue weighted by Gasteiger charge is 2.38. The Morgan fingerprint density at radius 3 is 2.60 bits per heavy atom. The number of nitrogens with two attached hydrogens (primary N) is 1. The highest BCUT2D eigenvalue weighted by atomic mass is 19.3. The standard InChI is InChI=1S/C19H24F4N4O3/c20-16(21)9-27(11-1-2-11)15(8-24)19(29)25-14-4-3-12(7-13(14)18(22)23)26-5-6-30-10-17(26)28/h3-4,7,11,15-16,18H,1-2,5-6,8-10,24H2,(H,25,29)/t15-/m1/s1. The first-order valence-electron chi connectivity index (χ1n) is 9.66. The first kappa shape index (κ1) is 22.4. The summed E-state index contributed by atoms with van der Waals surface area (Å²) >= 11 is 0. The third kappa shape index (κ3) is 5.27. The molecule has 0 radical (unpaired) electrons. The van der Waals surface area contributed by atoms with Crippen molar-refractivity contribution in [1.82, 2.24) is 4.90 Å². The average molecular weight is 432 g/mol. The SMILES string of the molecule is NC[C@H](C(=O)Nc1ccc(N2CCOCC2=O)cc1C(F)F)N(CC(F)F)C1CC1. The number of carbonyl (C=O) groups excluding carboxylic acids is 2. The molecule has 1 aromatic carbocycles. The Kier molecular flexibility index (Phi) is 7.27. The summed E-state index contributed by atoms with van der Waals surface area (Å²) in [6.45, 7) is -0.457. The van der Waals surface area contributed by atoms with Crippen LogP contribution in [0.3, 0.4) is 0 Å². The van der Waals surface area contributed by atoms with Crippen molar-refractivity contribution in [2.75, 3.05) is 43.1 Å². The van der Waals surface area contributed by atoms with Crippen LogP contribution < -0.4 is 16.0 Å². The number of hydrogen-bond acceptors (Lipinski definition) is 5. The second-order valence-corrected chi connectivity index (χ2v) is 7.23. The second kappa shape index (κ2) is 9.71. The lowest BCUT2D eigenvalue weighted by Gasteiger charge is -2.30. The van der Waals surface area contributed by atoms with Crippen molar-refractivity contribution < 1.29 is 31.9 Å². The van der Waals surface area contributed by atoms with Crippen LogP contribution in [-0.4, -0.2) is 68.1 Å². The van der Waals surface area contributed by atoms with E-state index in [1.807, 2.05) is 0 Å². The molecule has 1 aliphatic carbocycles. The molecule has 1 atom stereocenters. The number of alkyl halides is 4. The number of halogens is 4. The molecule has 0 aromatic heterocycles. The molecule has 1 saturated heterocycles. The number of ether oxygens (including phenoxy) is 1. The molecule has 2 aliphatic rings. The molecule has 166 valence electrons. The molecule has 0 bridgehead atoms. The maximum atomic E-state index is 13.7. The second-order valence-electron chi connectivity index (χ2n) is 7.23. The molecular formula is C19H24F4N4O3. The molecule has 2 fully saturated rings. The summed E-state index contributed by atoms with van der Waals surface area (Å²) in [6, 6.07) is 2.64. The predicted molar refractivity (Wildman–Crippen MR) is 102 cm³/mol. The largest absolute Gasteiger partial charge is 0.370 e. The van der Waals surface area contributed by atoms with Gasteiger partial charge in [-0.15, -0.1) is 0 Å². The molecule has 7 nitrogen and oxygen atoms in total. The van der Waals surface area contributed by atoms with Gasteiger partial charge in [-0.2, -0.15) is 0 Å². The van der Waals surface area contributed by atoms with E-state index in [9.17, 15) is 27.2 Å². The quantitative estimate of drug-likeness (QED) is 0.583. The Morgan fingerprint density at radius 2 is 2.03 bits per heavy atom. The van der Waals surface area contributed by atoms with E-state index in [1.54, 1.807) is 0 Å². The van der Waals surface area contributed by atoms with Crippen LogP contribution in [0, 0.1) is 0 Å². The smallest absolute Gasteiger partial charge is 0.265 e. The fraction of sp³-hybridized carbons (Fsp3) is 0.579. The van der Waals surface area contributed by atoms with Gasteiger partial charge in [-0.25, -0.2) is 17.6 Å². The van der Waals surface area contributed by atoms with Gasteiger partial charge in [-0.3, -0.25) is 14.5 Å². The molecule has 1 saturated carbocycles. The Hall–Kier alpha value is -2.24. The Morgan fingerprint density at radius 1 is 1.30 bits per heavy atom. The summed E-state index contributed by atoms with van der Waals surface area (Å²) in [6.07, 6.45) is -4.20. The van der Waals surface area contributed by atoms with Gasteiger partial charge in [0.15, 0.2) is 0 Å². The molecule has 3 rings (SSSR count). The van der Waals surface area contributed by atoms with E-state index in [2.05, 4.69) is 5.32 Å². The Labute approximate surface area is 171 Å². The molecule has 0 unspecified atom stereocenters. The highest BCUT2D eigenvalue weighted by Crippen LogP contribution is 2.33. The van der Waals surface area contributed by atoms with E-state index in [0.29, 0.717) is 12.8 Å². The number of rotatable bonds is 9. The molecule has 30 heavy (non-hydrogen) atoms. The van der Waals surface area contributed by atoms with Crippen LogP contribution in [-0.2, 0) is 14.3 Å². The first-order valence-corrected chi connectivity index (χ1v) is 9.66. The van der Waals surface area contributed by atoms with E-state index in [4.69, 9.17) is 10.5 Å². The van der Waals surface area contributed by atoms with Crippen molar-refractivity contribution in [3.63, 3.8) is 0 Å². The topological polar surface area (TPSA) is 87.9 Å². The van der Waals surface area contributed by atoms with Crippen LogP contribution in [0.4, 0.5) is 28.9 Å². The number of anilines is 2. The van der Waals surface area contributed by atoms with Gasteiger partial charge >= 0.3 is 0 Å². The number of hydrogen-bond donors (Lipinski definition) is 2. The zero-order valence-corrected chi connectivity index (χ0v) is 16.2.